The first kappa shape index (κ1) is 11.5. The fourth-order valence-corrected chi connectivity index (χ4v) is 2.48. The van der Waals surface area contributed by atoms with Gasteiger partial charge in [-0.3, -0.25) is 4.79 Å². The van der Waals surface area contributed by atoms with Gasteiger partial charge >= 0.3 is 5.97 Å². The van der Waals surface area contributed by atoms with E-state index >= 15 is 0 Å². The molecule has 2 N–H and O–H groups in total. The molecule has 0 aromatic carbocycles. The minimum absolute atomic E-state index is 0.236. The third-order valence-corrected chi connectivity index (χ3v) is 3.50. The van der Waals surface area contributed by atoms with Crippen molar-refractivity contribution in [1.82, 2.24) is 5.32 Å². The largest absolute Gasteiger partial charge is 0.481 e. The van der Waals surface area contributed by atoms with Gasteiger partial charge in [-0.05, 0) is 24.7 Å². The van der Waals surface area contributed by atoms with Crippen molar-refractivity contribution in [3.63, 3.8) is 0 Å². The molecule has 82 valence electrons. The van der Waals surface area contributed by atoms with Gasteiger partial charge in [0.1, 0.15) is 0 Å². The van der Waals surface area contributed by atoms with E-state index in [9.17, 15) is 4.79 Å². The fraction of sp³-hybridized carbons (Fsp3) is 0.909. The molecule has 1 rings (SSSR count). The fourth-order valence-electron chi connectivity index (χ4n) is 2.48. The summed E-state index contributed by atoms with van der Waals surface area (Å²) in [4.78, 5) is 10.3. The normalized spacial score (nSPS) is 32.0. The zero-order valence-electron chi connectivity index (χ0n) is 9.12. The molecule has 0 aromatic heterocycles. The summed E-state index contributed by atoms with van der Waals surface area (Å²) in [5, 5.41) is 11.9. The molecule has 3 atom stereocenters. The predicted octanol–water partition coefficient (Wildman–Crippen LogP) is 1.88. The smallest absolute Gasteiger partial charge is 0.304 e. The van der Waals surface area contributed by atoms with Gasteiger partial charge in [0.25, 0.3) is 0 Å². The Labute approximate surface area is 85.9 Å². The van der Waals surface area contributed by atoms with Crippen molar-refractivity contribution in [2.45, 2.75) is 45.6 Å². The Bertz CT molecular complexity index is 194. The molecule has 0 aliphatic heterocycles. The van der Waals surface area contributed by atoms with Crippen LogP contribution in [0.4, 0.5) is 0 Å². The van der Waals surface area contributed by atoms with Crippen LogP contribution >= 0.6 is 0 Å². The molecule has 14 heavy (non-hydrogen) atoms. The zero-order chi connectivity index (χ0) is 10.6. The molecule has 0 radical (unpaired) electrons. The van der Waals surface area contributed by atoms with Crippen LogP contribution in [0.1, 0.15) is 39.5 Å². The minimum Gasteiger partial charge on any atom is -0.481 e. The summed E-state index contributed by atoms with van der Waals surface area (Å²) in [6, 6.07) is 0.541. The van der Waals surface area contributed by atoms with E-state index in [1.165, 1.54) is 19.3 Å². The van der Waals surface area contributed by atoms with Crippen LogP contribution in [0.15, 0.2) is 0 Å². The van der Waals surface area contributed by atoms with Crippen LogP contribution in [0.2, 0.25) is 0 Å². The second-order valence-corrected chi connectivity index (χ2v) is 4.31. The first-order chi connectivity index (χ1) is 6.65. The van der Waals surface area contributed by atoms with Crippen molar-refractivity contribution in [2.24, 2.45) is 11.8 Å². The van der Waals surface area contributed by atoms with Crippen LogP contribution < -0.4 is 5.32 Å². The average Bonchev–Trinajstić information content (AvgIpc) is 2.47. The molecule has 1 fully saturated rings. The van der Waals surface area contributed by atoms with Crippen LogP contribution in [-0.2, 0) is 4.79 Å². The standard InChI is InChI=1S/C11H21NO2/c1-3-9-4-5-10(8(9)2)12-7-6-11(13)14/h8-10,12H,3-7H2,1-2H3,(H,13,14). The number of hydrogen-bond acceptors (Lipinski definition) is 2. The van der Waals surface area contributed by atoms with Crippen LogP contribution in [0.3, 0.4) is 0 Å². The van der Waals surface area contributed by atoms with Crippen molar-refractivity contribution >= 4 is 5.97 Å². The van der Waals surface area contributed by atoms with E-state index < -0.39 is 5.97 Å². The summed E-state index contributed by atoms with van der Waals surface area (Å²) in [6.07, 6.45) is 3.99. The molecular formula is C11H21NO2. The van der Waals surface area contributed by atoms with E-state index in [1.807, 2.05) is 0 Å². The van der Waals surface area contributed by atoms with E-state index in [1.54, 1.807) is 0 Å². The van der Waals surface area contributed by atoms with Gasteiger partial charge < -0.3 is 10.4 Å². The van der Waals surface area contributed by atoms with Crippen molar-refractivity contribution in [3.8, 4) is 0 Å². The lowest BCUT2D eigenvalue weighted by molar-refractivity contribution is -0.136. The maximum atomic E-state index is 10.3. The van der Waals surface area contributed by atoms with Gasteiger partial charge in [0.05, 0.1) is 6.42 Å². The summed E-state index contributed by atoms with van der Waals surface area (Å²) in [6.45, 7) is 5.13. The number of carboxylic acid groups (broad SMARTS) is 1. The highest BCUT2D eigenvalue weighted by Crippen LogP contribution is 2.33. The molecular weight excluding hydrogens is 178 g/mol. The van der Waals surface area contributed by atoms with E-state index in [4.69, 9.17) is 5.11 Å². The summed E-state index contributed by atoms with van der Waals surface area (Å²) >= 11 is 0. The van der Waals surface area contributed by atoms with Crippen LogP contribution in [0, 0.1) is 11.8 Å². The number of aliphatic carboxylic acids is 1. The number of nitrogens with one attached hydrogen (secondary N) is 1. The molecule has 0 heterocycles. The second-order valence-electron chi connectivity index (χ2n) is 4.31. The number of carbonyl (C=O) groups is 1. The van der Waals surface area contributed by atoms with Gasteiger partial charge in [-0.25, -0.2) is 0 Å². The number of carboxylic acids is 1. The van der Waals surface area contributed by atoms with Crippen LogP contribution in [0.5, 0.6) is 0 Å². The Morgan fingerprint density at radius 2 is 2.21 bits per heavy atom. The quantitative estimate of drug-likeness (QED) is 0.710. The lowest BCUT2D eigenvalue weighted by Crippen LogP contribution is -2.34. The van der Waals surface area contributed by atoms with Gasteiger partial charge in [-0.15, -0.1) is 0 Å². The second kappa shape index (κ2) is 5.35. The highest BCUT2D eigenvalue weighted by molar-refractivity contribution is 5.66. The monoisotopic (exact) mass is 199 g/mol. The number of hydrogen-bond donors (Lipinski definition) is 2. The van der Waals surface area contributed by atoms with Gasteiger partial charge in [0, 0.05) is 12.6 Å². The van der Waals surface area contributed by atoms with Crippen molar-refractivity contribution in [1.29, 1.82) is 0 Å². The molecule has 0 bridgehead atoms. The third kappa shape index (κ3) is 2.98. The molecule has 0 spiro atoms. The van der Waals surface area contributed by atoms with Crippen molar-refractivity contribution in [3.05, 3.63) is 0 Å². The molecule has 0 saturated heterocycles. The lowest BCUT2D eigenvalue weighted by Gasteiger charge is -2.20. The summed E-state index contributed by atoms with van der Waals surface area (Å²) < 4.78 is 0. The highest BCUT2D eigenvalue weighted by atomic mass is 16.4. The molecule has 0 amide bonds. The van der Waals surface area contributed by atoms with E-state index in [2.05, 4.69) is 19.2 Å². The maximum absolute atomic E-state index is 10.3. The van der Waals surface area contributed by atoms with Crippen molar-refractivity contribution in [2.75, 3.05) is 6.54 Å². The Balaban J connectivity index is 2.22. The van der Waals surface area contributed by atoms with Crippen LogP contribution in [-0.4, -0.2) is 23.7 Å². The molecule has 1 saturated carbocycles. The van der Waals surface area contributed by atoms with Gasteiger partial charge in [0.2, 0.25) is 0 Å². The summed E-state index contributed by atoms with van der Waals surface area (Å²) in [5.74, 6) is 0.821. The first-order valence-corrected chi connectivity index (χ1v) is 5.60. The molecule has 3 nitrogen and oxygen atoms in total. The Morgan fingerprint density at radius 3 is 2.71 bits per heavy atom. The molecule has 3 heteroatoms. The predicted molar refractivity (Wildman–Crippen MR) is 56.2 cm³/mol. The van der Waals surface area contributed by atoms with E-state index in [0.717, 1.165) is 5.92 Å². The van der Waals surface area contributed by atoms with E-state index in [0.29, 0.717) is 18.5 Å². The SMILES string of the molecule is CCC1CCC(NCCC(=O)O)C1C. The lowest BCUT2D eigenvalue weighted by atomic mass is 9.93. The molecule has 0 aromatic rings. The average molecular weight is 199 g/mol. The topological polar surface area (TPSA) is 49.3 Å². The molecule has 1 aliphatic carbocycles. The highest BCUT2D eigenvalue weighted by Gasteiger charge is 2.30. The minimum atomic E-state index is -0.713. The number of rotatable bonds is 5. The molecule has 3 unspecified atom stereocenters. The Morgan fingerprint density at radius 1 is 1.50 bits per heavy atom. The van der Waals surface area contributed by atoms with Gasteiger partial charge in [0.15, 0.2) is 0 Å². The Hall–Kier alpha value is -0.570. The summed E-state index contributed by atoms with van der Waals surface area (Å²) in [7, 11) is 0. The summed E-state index contributed by atoms with van der Waals surface area (Å²) in [5.41, 5.74) is 0. The van der Waals surface area contributed by atoms with E-state index in [-0.39, 0.29) is 6.42 Å². The third-order valence-electron chi connectivity index (χ3n) is 3.50. The van der Waals surface area contributed by atoms with Crippen LogP contribution in [0.25, 0.3) is 0 Å². The maximum Gasteiger partial charge on any atom is 0.304 e. The Kier molecular flexibility index (Phi) is 4.39. The van der Waals surface area contributed by atoms with Gasteiger partial charge in [-0.1, -0.05) is 20.3 Å². The van der Waals surface area contributed by atoms with Gasteiger partial charge in [-0.2, -0.15) is 0 Å². The zero-order valence-corrected chi connectivity index (χ0v) is 9.12. The first-order valence-electron chi connectivity index (χ1n) is 5.60. The molecule has 1 aliphatic rings. The van der Waals surface area contributed by atoms with Crippen molar-refractivity contribution < 1.29 is 9.90 Å².